The molecule has 28 heavy (non-hydrogen) atoms. The minimum Gasteiger partial charge on any atom is -0.487 e. The molecule has 3 rings (SSSR count). The summed E-state index contributed by atoms with van der Waals surface area (Å²) in [5.41, 5.74) is 5.45. The van der Waals surface area contributed by atoms with Crippen molar-refractivity contribution in [1.82, 2.24) is 9.97 Å². The molecule has 0 saturated heterocycles. The molecule has 0 aliphatic rings. The van der Waals surface area contributed by atoms with Crippen LogP contribution in [0, 0.1) is 6.92 Å². The molecule has 0 fully saturated rings. The van der Waals surface area contributed by atoms with Gasteiger partial charge in [-0.3, -0.25) is 9.98 Å². The van der Waals surface area contributed by atoms with Crippen LogP contribution in [0.15, 0.2) is 53.3 Å². The fraction of sp³-hybridized carbons (Fsp3) is 0.227. The molecular weight excluding hydrogens is 393 g/mol. The van der Waals surface area contributed by atoms with Crippen molar-refractivity contribution in [2.75, 3.05) is 7.05 Å². The van der Waals surface area contributed by atoms with Crippen LogP contribution >= 0.6 is 23.2 Å². The van der Waals surface area contributed by atoms with Crippen molar-refractivity contribution in [2.24, 2.45) is 4.99 Å². The van der Waals surface area contributed by atoms with E-state index in [4.69, 9.17) is 32.9 Å². The Morgan fingerprint density at radius 2 is 1.93 bits per heavy atom. The highest BCUT2D eigenvalue weighted by atomic mass is 35.5. The van der Waals surface area contributed by atoms with E-state index in [9.17, 15) is 0 Å². The average molecular weight is 414 g/mol. The standard InChI is InChI=1S/C22H21Cl2N3O/c1-5-13(2)21(25-4)16-9-14(3)27-22-15(16)7-6-8-20(22)28-12-17-18(23)10-26-11-19(17)24/h5-11H,12H2,1-4H3/b13-5-,25-21?. The van der Waals surface area contributed by atoms with Gasteiger partial charge in [-0.15, -0.1) is 0 Å². The lowest BCUT2D eigenvalue weighted by molar-refractivity contribution is 0.309. The number of hydrogen-bond donors (Lipinski definition) is 0. The number of pyridine rings is 2. The van der Waals surface area contributed by atoms with Gasteiger partial charge in [-0.05, 0) is 38.5 Å². The third-order valence-electron chi connectivity index (χ3n) is 4.54. The van der Waals surface area contributed by atoms with Gasteiger partial charge < -0.3 is 4.74 Å². The summed E-state index contributed by atoms with van der Waals surface area (Å²) in [6.07, 6.45) is 5.16. The number of hydrogen-bond acceptors (Lipinski definition) is 4. The fourth-order valence-electron chi connectivity index (χ4n) is 3.03. The minimum atomic E-state index is 0.229. The van der Waals surface area contributed by atoms with Crippen molar-refractivity contribution in [3.05, 3.63) is 75.2 Å². The monoisotopic (exact) mass is 413 g/mol. The largest absolute Gasteiger partial charge is 0.487 e. The number of para-hydroxylation sites is 1. The molecule has 0 bridgehead atoms. The maximum Gasteiger partial charge on any atom is 0.146 e. The van der Waals surface area contributed by atoms with Crippen molar-refractivity contribution >= 4 is 39.8 Å². The maximum absolute atomic E-state index is 6.21. The van der Waals surface area contributed by atoms with E-state index >= 15 is 0 Å². The van der Waals surface area contributed by atoms with Gasteiger partial charge in [0.15, 0.2) is 0 Å². The van der Waals surface area contributed by atoms with Crippen LogP contribution in [-0.2, 0) is 6.61 Å². The summed E-state index contributed by atoms with van der Waals surface area (Å²) >= 11 is 12.4. The van der Waals surface area contributed by atoms with Gasteiger partial charge in [-0.25, -0.2) is 4.98 Å². The number of aryl methyl sites for hydroxylation is 1. The summed E-state index contributed by atoms with van der Waals surface area (Å²) in [5, 5.41) is 1.93. The van der Waals surface area contributed by atoms with E-state index < -0.39 is 0 Å². The first-order valence-corrected chi connectivity index (χ1v) is 9.63. The summed E-state index contributed by atoms with van der Waals surface area (Å²) in [6, 6.07) is 7.93. The van der Waals surface area contributed by atoms with E-state index in [1.807, 2.05) is 32.0 Å². The van der Waals surface area contributed by atoms with Crippen molar-refractivity contribution in [3.63, 3.8) is 0 Å². The summed E-state index contributed by atoms with van der Waals surface area (Å²) in [5.74, 6) is 0.667. The van der Waals surface area contributed by atoms with Crippen LogP contribution in [0.2, 0.25) is 10.0 Å². The molecule has 2 aromatic heterocycles. The van der Waals surface area contributed by atoms with E-state index in [-0.39, 0.29) is 6.61 Å². The smallest absolute Gasteiger partial charge is 0.146 e. The van der Waals surface area contributed by atoms with Crippen LogP contribution in [0.4, 0.5) is 0 Å². The number of allylic oxidation sites excluding steroid dienone is 2. The molecule has 0 aliphatic heterocycles. The van der Waals surface area contributed by atoms with Gasteiger partial charge in [0.05, 0.1) is 15.8 Å². The molecule has 0 aliphatic carbocycles. The number of ether oxygens (including phenoxy) is 1. The molecule has 0 saturated carbocycles. The lowest BCUT2D eigenvalue weighted by atomic mass is 9.98. The number of nitrogens with zero attached hydrogens (tertiary/aromatic N) is 3. The van der Waals surface area contributed by atoms with Gasteiger partial charge in [0, 0.05) is 41.6 Å². The molecule has 0 unspecified atom stereocenters. The highest BCUT2D eigenvalue weighted by Crippen LogP contribution is 2.31. The zero-order valence-electron chi connectivity index (χ0n) is 16.3. The molecular formula is C22H21Cl2N3O. The molecule has 6 heteroatoms. The van der Waals surface area contributed by atoms with E-state index in [1.165, 1.54) is 0 Å². The van der Waals surface area contributed by atoms with Crippen molar-refractivity contribution in [2.45, 2.75) is 27.4 Å². The molecule has 144 valence electrons. The molecule has 0 radical (unpaired) electrons. The van der Waals surface area contributed by atoms with Crippen LogP contribution in [0.1, 0.15) is 30.7 Å². The SMILES string of the molecule is C/C=C(/C)C(=NC)c1cc(C)nc2c(OCc3c(Cl)cncc3Cl)cccc12. The third-order valence-corrected chi connectivity index (χ3v) is 5.19. The minimum absolute atomic E-state index is 0.229. The predicted octanol–water partition coefficient (Wildman–Crippen LogP) is 6.21. The molecule has 0 N–H and O–H groups in total. The van der Waals surface area contributed by atoms with Gasteiger partial charge in [0.2, 0.25) is 0 Å². The van der Waals surface area contributed by atoms with Crippen molar-refractivity contribution in [1.29, 1.82) is 0 Å². The lowest BCUT2D eigenvalue weighted by Crippen LogP contribution is -2.06. The van der Waals surface area contributed by atoms with Crippen molar-refractivity contribution in [3.8, 4) is 5.75 Å². The second-order valence-corrected chi connectivity index (χ2v) is 7.19. The van der Waals surface area contributed by atoms with Crippen LogP contribution in [-0.4, -0.2) is 22.7 Å². The average Bonchev–Trinajstić information content (AvgIpc) is 2.68. The Kier molecular flexibility index (Phi) is 6.32. The second kappa shape index (κ2) is 8.72. The fourth-order valence-corrected chi connectivity index (χ4v) is 3.51. The van der Waals surface area contributed by atoms with Gasteiger partial charge in [0.25, 0.3) is 0 Å². The first-order chi connectivity index (χ1) is 13.5. The number of aromatic nitrogens is 2. The third kappa shape index (κ3) is 4.03. The van der Waals surface area contributed by atoms with E-state index in [1.54, 1.807) is 19.4 Å². The zero-order chi connectivity index (χ0) is 20.3. The Labute approximate surface area is 174 Å². The van der Waals surface area contributed by atoms with Crippen LogP contribution < -0.4 is 4.74 Å². The Morgan fingerprint density at radius 1 is 1.21 bits per heavy atom. The quantitative estimate of drug-likeness (QED) is 0.467. The zero-order valence-corrected chi connectivity index (χ0v) is 17.8. The Hall–Kier alpha value is -2.43. The Bertz CT molecular complexity index is 1070. The highest BCUT2D eigenvalue weighted by Gasteiger charge is 2.15. The lowest BCUT2D eigenvalue weighted by Gasteiger charge is -2.15. The molecule has 0 amide bonds. The molecule has 0 spiro atoms. The predicted molar refractivity (Wildman–Crippen MR) is 117 cm³/mol. The maximum atomic E-state index is 6.21. The Morgan fingerprint density at radius 3 is 2.57 bits per heavy atom. The van der Waals surface area contributed by atoms with E-state index in [2.05, 4.69) is 29.0 Å². The molecule has 4 nitrogen and oxygen atoms in total. The van der Waals surface area contributed by atoms with E-state index in [0.29, 0.717) is 21.4 Å². The highest BCUT2D eigenvalue weighted by molar-refractivity contribution is 6.35. The first-order valence-electron chi connectivity index (χ1n) is 8.87. The van der Waals surface area contributed by atoms with Crippen LogP contribution in [0.25, 0.3) is 10.9 Å². The number of halogens is 2. The Balaban J connectivity index is 2.08. The topological polar surface area (TPSA) is 47.4 Å². The van der Waals surface area contributed by atoms with Gasteiger partial charge in [0.1, 0.15) is 17.9 Å². The number of fused-ring (bicyclic) bond motifs is 1. The molecule has 0 atom stereocenters. The van der Waals surface area contributed by atoms with Gasteiger partial charge >= 0.3 is 0 Å². The normalized spacial score (nSPS) is 12.5. The summed E-state index contributed by atoms with van der Waals surface area (Å²) in [6.45, 7) is 6.26. The molecule has 1 aromatic carbocycles. The van der Waals surface area contributed by atoms with Crippen molar-refractivity contribution < 1.29 is 4.74 Å². The van der Waals surface area contributed by atoms with Crippen LogP contribution in [0.3, 0.4) is 0 Å². The number of benzene rings is 1. The molecule has 2 heterocycles. The molecule has 3 aromatic rings. The van der Waals surface area contributed by atoms with E-state index in [0.717, 1.165) is 33.4 Å². The second-order valence-electron chi connectivity index (χ2n) is 6.38. The number of rotatable bonds is 5. The number of aliphatic imine (C=N–C) groups is 1. The van der Waals surface area contributed by atoms with Crippen LogP contribution in [0.5, 0.6) is 5.75 Å². The summed E-state index contributed by atoms with van der Waals surface area (Å²) < 4.78 is 6.06. The first kappa shape index (κ1) is 20.3. The summed E-state index contributed by atoms with van der Waals surface area (Å²) in [4.78, 5) is 13.2. The van der Waals surface area contributed by atoms with Gasteiger partial charge in [-0.2, -0.15) is 0 Å². The van der Waals surface area contributed by atoms with Gasteiger partial charge in [-0.1, -0.05) is 41.4 Å². The summed E-state index contributed by atoms with van der Waals surface area (Å²) in [7, 11) is 1.80.